The van der Waals surface area contributed by atoms with Crippen molar-refractivity contribution in [3.05, 3.63) is 76.4 Å². The Hall–Kier alpha value is -3.39. The lowest BCUT2D eigenvalue weighted by atomic mass is 9.89. The summed E-state index contributed by atoms with van der Waals surface area (Å²) >= 11 is 1.53. The first kappa shape index (κ1) is 24.7. The van der Waals surface area contributed by atoms with Gasteiger partial charge in [-0.2, -0.15) is 0 Å². The number of amides is 2. The summed E-state index contributed by atoms with van der Waals surface area (Å²) in [7, 11) is 0. The largest absolute Gasteiger partial charge is 0.449 e. The molecule has 8 heteroatoms. The quantitative estimate of drug-likeness (QED) is 0.388. The van der Waals surface area contributed by atoms with Crippen LogP contribution in [0.15, 0.2) is 54.9 Å². The molecule has 1 aromatic carbocycles. The van der Waals surface area contributed by atoms with Crippen molar-refractivity contribution in [3.63, 3.8) is 0 Å². The molecule has 0 radical (unpaired) electrons. The summed E-state index contributed by atoms with van der Waals surface area (Å²) in [6.07, 6.45) is 5.96. The third-order valence-corrected chi connectivity index (χ3v) is 7.68. The second-order valence-corrected chi connectivity index (χ2v) is 10.3. The van der Waals surface area contributed by atoms with Gasteiger partial charge in [0.1, 0.15) is 5.00 Å². The minimum absolute atomic E-state index is 0.0595. The maximum atomic E-state index is 12.6. The fourth-order valence-corrected chi connectivity index (χ4v) is 5.69. The number of ether oxygens (including phenoxy) is 1. The molecule has 2 aromatic heterocycles. The van der Waals surface area contributed by atoms with Crippen molar-refractivity contribution in [2.24, 2.45) is 5.92 Å². The van der Waals surface area contributed by atoms with Crippen LogP contribution in [0, 0.1) is 5.92 Å². The van der Waals surface area contributed by atoms with Crippen LogP contribution in [0.25, 0.3) is 0 Å². The Morgan fingerprint density at radius 1 is 1.17 bits per heavy atom. The highest BCUT2D eigenvalue weighted by Gasteiger charge is 2.26. The van der Waals surface area contributed by atoms with E-state index < -0.39 is 6.09 Å². The molecule has 0 saturated heterocycles. The molecule has 3 aromatic rings. The molecule has 4 rings (SSSR count). The zero-order valence-electron chi connectivity index (χ0n) is 20.1. The zero-order chi connectivity index (χ0) is 24.8. The highest BCUT2D eigenvalue weighted by atomic mass is 32.1. The maximum absolute atomic E-state index is 12.6. The highest BCUT2D eigenvalue weighted by Crippen LogP contribution is 2.41. The van der Waals surface area contributed by atoms with E-state index in [1.165, 1.54) is 11.3 Å². The second kappa shape index (κ2) is 11.4. The molecule has 3 atom stereocenters. The van der Waals surface area contributed by atoms with Gasteiger partial charge in [-0.3, -0.25) is 9.78 Å². The summed E-state index contributed by atoms with van der Waals surface area (Å²) in [6, 6.07) is 13.5. The first-order valence-corrected chi connectivity index (χ1v) is 12.8. The number of pyridine rings is 1. The SMILES string of the molecule is CC(CC(=O)Nc1sc2c(c1N)CCC(COC(=O)NC(C)c1ccccc1)C2)c1cccnc1. The number of carbonyl (C=O) groups is 2. The van der Waals surface area contributed by atoms with E-state index in [4.69, 9.17) is 10.5 Å². The van der Waals surface area contributed by atoms with Crippen molar-refractivity contribution in [2.75, 3.05) is 17.7 Å². The lowest BCUT2D eigenvalue weighted by Gasteiger charge is -2.22. The van der Waals surface area contributed by atoms with Gasteiger partial charge in [0.25, 0.3) is 0 Å². The van der Waals surface area contributed by atoms with Crippen molar-refractivity contribution in [1.82, 2.24) is 10.3 Å². The third kappa shape index (κ3) is 6.39. The summed E-state index contributed by atoms with van der Waals surface area (Å²) in [4.78, 5) is 30.2. The summed E-state index contributed by atoms with van der Waals surface area (Å²) in [5.41, 5.74) is 10.2. The topological polar surface area (TPSA) is 106 Å². The van der Waals surface area contributed by atoms with Gasteiger partial charge in [-0.05, 0) is 60.8 Å². The molecular weight excluding hydrogens is 460 g/mol. The number of nitrogens with one attached hydrogen (secondary N) is 2. The first-order valence-electron chi connectivity index (χ1n) is 12.0. The molecule has 35 heavy (non-hydrogen) atoms. The Kier molecular flexibility index (Phi) is 8.02. The Morgan fingerprint density at radius 2 is 1.94 bits per heavy atom. The zero-order valence-corrected chi connectivity index (χ0v) is 20.9. The predicted octanol–water partition coefficient (Wildman–Crippen LogP) is 5.45. The fraction of sp³-hybridized carbons (Fsp3) is 0.370. The number of fused-ring (bicyclic) bond motifs is 1. The molecule has 0 fully saturated rings. The fourth-order valence-electron chi connectivity index (χ4n) is 4.39. The summed E-state index contributed by atoms with van der Waals surface area (Å²) in [5.74, 6) is 0.236. The van der Waals surface area contributed by atoms with Gasteiger partial charge >= 0.3 is 6.09 Å². The second-order valence-electron chi connectivity index (χ2n) is 9.17. The van der Waals surface area contributed by atoms with Crippen molar-refractivity contribution in [1.29, 1.82) is 0 Å². The van der Waals surface area contributed by atoms with Crippen LogP contribution in [0.1, 0.15) is 60.2 Å². The third-order valence-electron chi connectivity index (χ3n) is 6.49. The standard InChI is InChI=1S/C27H32N4O3S/c1-17(21-9-6-12-29-15-21)13-24(32)31-26-25(28)22-11-10-19(14-23(22)35-26)16-34-27(33)30-18(2)20-7-4-3-5-8-20/h3-9,12,15,17-19H,10-11,13-14,16,28H2,1-2H3,(H,30,33)(H,31,32). The number of carbonyl (C=O) groups excluding carboxylic acids is 2. The molecule has 7 nitrogen and oxygen atoms in total. The molecule has 4 N–H and O–H groups in total. The highest BCUT2D eigenvalue weighted by molar-refractivity contribution is 7.17. The van der Waals surface area contributed by atoms with Crippen LogP contribution in [-0.2, 0) is 22.4 Å². The molecule has 0 spiro atoms. The summed E-state index contributed by atoms with van der Waals surface area (Å²) < 4.78 is 5.52. The number of thiophene rings is 1. The van der Waals surface area contributed by atoms with E-state index in [1.807, 2.05) is 56.3 Å². The molecular formula is C27H32N4O3S. The van der Waals surface area contributed by atoms with E-state index in [-0.39, 0.29) is 23.8 Å². The van der Waals surface area contributed by atoms with E-state index in [1.54, 1.807) is 12.4 Å². The van der Waals surface area contributed by atoms with Crippen LogP contribution in [0.5, 0.6) is 0 Å². The number of hydrogen-bond acceptors (Lipinski definition) is 6. The Balaban J connectivity index is 1.28. The van der Waals surface area contributed by atoms with Crippen molar-refractivity contribution in [3.8, 4) is 0 Å². The van der Waals surface area contributed by atoms with Gasteiger partial charge in [-0.1, -0.05) is 43.3 Å². The average Bonchev–Trinajstić information content (AvgIpc) is 3.17. The molecule has 184 valence electrons. The number of nitrogen functional groups attached to an aromatic ring is 1. The monoisotopic (exact) mass is 492 g/mol. The van der Waals surface area contributed by atoms with Crippen molar-refractivity contribution < 1.29 is 14.3 Å². The molecule has 2 heterocycles. The minimum Gasteiger partial charge on any atom is -0.449 e. The van der Waals surface area contributed by atoms with Crippen LogP contribution in [0.2, 0.25) is 0 Å². The normalized spacial score (nSPS) is 16.6. The number of nitrogens with two attached hydrogens (primary N) is 1. The molecule has 0 aliphatic heterocycles. The van der Waals surface area contributed by atoms with Crippen LogP contribution in [0.3, 0.4) is 0 Å². The van der Waals surface area contributed by atoms with Crippen LogP contribution < -0.4 is 16.4 Å². The number of hydrogen-bond donors (Lipinski definition) is 3. The lowest BCUT2D eigenvalue weighted by molar-refractivity contribution is -0.116. The van der Waals surface area contributed by atoms with Crippen LogP contribution >= 0.6 is 11.3 Å². The van der Waals surface area contributed by atoms with Gasteiger partial charge in [-0.15, -0.1) is 11.3 Å². The average molecular weight is 493 g/mol. The van der Waals surface area contributed by atoms with E-state index in [2.05, 4.69) is 15.6 Å². The van der Waals surface area contributed by atoms with Gasteiger partial charge in [-0.25, -0.2) is 4.79 Å². The smallest absolute Gasteiger partial charge is 0.407 e. The molecule has 0 saturated carbocycles. The molecule has 1 aliphatic carbocycles. The van der Waals surface area contributed by atoms with E-state index >= 15 is 0 Å². The van der Waals surface area contributed by atoms with Gasteiger partial charge in [0, 0.05) is 23.7 Å². The number of benzene rings is 1. The molecule has 3 unspecified atom stereocenters. The number of nitrogens with zero attached hydrogens (tertiary/aromatic N) is 1. The van der Waals surface area contributed by atoms with E-state index in [0.717, 1.165) is 45.8 Å². The minimum atomic E-state index is -0.409. The summed E-state index contributed by atoms with van der Waals surface area (Å²) in [6.45, 7) is 4.31. The number of anilines is 2. The van der Waals surface area contributed by atoms with E-state index in [9.17, 15) is 9.59 Å². The number of aromatic nitrogens is 1. The van der Waals surface area contributed by atoms with Crippen LogP contribution in [0.4, 0.5) is 15.5 Å². The summed E-state index contributed by atoms with van der Waals surface area (Å²) in [5, 5.41) is 6.61. The van der Waals surface area contributed by atoms with Crippen LogP contribution in [-0.4, -0.2) is 23.6 Å². The number of rotatable bonds is 8. The van der Waals surface area contributed by atoms with Gasteiger partial charge in [0.15, 0.2) is 0 Å². The van der Waals surface area contributed by atoms with Gasteiger partial charge in [0.2, 0.25) is 5.91 Å². The van der Waals surface area contributed by atoms with Crippen molar-refractivity contribution in [2.45, 2.75) is 51.5 Å². The molecule has 0 bridgehead atoms. The van der Waals surface area contributed by atoms with Gasteiger partial charge in [0.05, 0.1) is 18.3 Å². The first-order chi connectivity index (χ1) is 16.9. The predicted molar refractivity (Wildman–Crippen MR) is 139 cm³/mol. The maximum Gasteiger partial charge on any atom is 0.407 e. The lowest BCUT2D eigenvalue weighted by Crippen LogP contribution is -2.30. The Labute approximate surface area is 210 Å². The molecule has 1 aliphatic rings. The number of alkyl carbamates (subject to hydrolysis) is 1. The van der Waals surface area contributed by atoms with E-state index in [0.29, 0.717) is 18.7 Å². The Morgan fingerprint density at radius 3 is 2.69 bits per heavy atom. The Bertz CT molecular complexity index is 1150. The van der Waals surface area contributed by atoms with Gasteiger partial charge < -0.3 is 21.1 Å². The molecule has 2 amide bonds. The van der Waals surface area contributed by atoms with Crippen molar-refractivity contribution >= 4 is 34.0 Å².